The number of nitrogens with two attached hydrogens (primary N) is 1. The maximum Gasteiger partial charge on any atom is 0.257 e. The Bertz CT molecular complexity index is 710. The number of halogens is 1. The summed E-state index contributed by atoms with van der Waals surface area (Å²) in [6, 6.07) is 6.87. The van der Waals surface area contributed by atoms with Crippen LogP contribution in [-0.2, 0) is 6.54 Å². The average molecular weight is 275 g/mol. The van der Waals surface area contributed by atoms with Crippen molar-refractivity contribution >= 4 is 17.3 Å². The molecular formula is C14H14FN3O2. The van der Waals surface area contributed by atoms with Gasteiger partial charge in [-0.3, -0.25) is 9.59 Å². The molecule has 1 heterocycles. The number of anilines is 2. The van der Waals surface area contributed by atoms with Gasteiger partial charge in [-0.05, 0) is 25.1 Å². The molecule has 0 bridgehead atoms. The number of nitrogens with one attached hydrogen (secondary N) is 1. The largest absolute Gasteiger partial charge is 0.396 e. The van der Waals surface area contributed by atoms with Crippen LogP contribution in [0, 0.1) is 5.82 Å². The van der Waals surface area contributed by atoms with Crippen LogP contribution in [0.1, 0.15) is 17.3 Å². The van der Waals surface area contributed by atoms with E-state index in [0.717, 1.165) is 0 Å². The molecule has 2 rings (SSSR count). The molecule has 6 heteroatoms. The van der Waals surface area contributed by atoms with Crippen LogP contribution in [0.15, 0.2) is 41.3 Å². The summed E-state index contributed by atoms with van der Waals surface area (Å²) in [4.78, 5) is 23.5. The van der Waals surface area contributed by atoms with Gasteiger partial charge in [-0.1, -0.05) is 6.07 Å². The van der Waals surface area contributed by atoms with Crippen LogP contribution in [0.5, 0.6) is 0 Å². The number of rotatable bonds is 3. The average Bonchev–Trinajstić information content (AvgIpc) is 2.43. The van der Waals surface area contributed by atoms with E-state index in [9.17, 15) is 14.0 Å². The van der Waals surface area contributed by atoms with Crippen LogP contribution in [-0.4, -0.2) is 10.5 Å². The van der Waals surface area contributed by atoms with E-state index in [1.807, 2.05) is 6.92 Å². The molecule has 1 amide bonds. The minimum Gasteiger partial charge on any atom is -0.396 e. The molecule has 0 saturated carbocycles. The van der Waals surface area contributed by atoms with Gasteiger partial charge in [0.2, 0.25) is 0 Å². The number of nitrogens with zero attached hydrogens (tertiary/aromatic N) is 1. The maximum atomic E-state index is 13.3. The van der Waals surface area contributed by atoms with Gasteiger partial charge in [-0.2, -0.15) is 0 Å². The van der Waals surface area contributed by atoms with E-state index in [1.165, 1.54) is 41.1 Å². The Morgan fingerprint density at radius 1 is 1.35 bits per heavy atom. The van der Waals surface area contributed by atoms with Gasteiger partial charge in [0.25, 0.3) is 11.5 Å². The second kappa shape index (κ2) is 5.56. The van der Waals surface area contributed by atoms with Gasteiger partial charge in [0.05, 0.1) is 16.9 Å². The van der Waals surface area contributed by atoms with Crippen LogP contribution < -0.4 is 16.6 Å². The lowest BCUT2D eigenvalue weighted by atomic mass is 10.1. The van der Waals surface area contributed by atoms with Gasteiger partial charge < -0.3 is 15.6 Å². The number of carbonyl (C=O) groups excluding carboxylic acids is 1. The van der Waals surface area contributed by atoms with E-state index in [-0.39, 0.29) is 16.8 Å². The lowest BCUT2D eigenvalue weighted by Gasteiger charge is -2.09. The zero-order valence-electron chi connectivity index (χ0n) is 10.9. The summed E-state index contributed by atoms with van der Waals surface area (Å²) < 4.78 is 14.7. The van der Waals surface area contributed by atoms with Gasteiger partial charge in [-0.25, -0.2) is 4.39 Å². The molecular weight excluding hydrogens is 261 g/mol. The highest BCUT2D eigenvalue weighted by molar-refractivity contribution is 6.07. The van der Waals surface area contributed by atoms with E-state index in [1.54, 1.807) is 0 Å². The molecule has 20 heavy (non-hydrogen) atoms. The number of hydrogen-bond acceptors (Lipinski definition) is 3. The van der Waals surface area contributed by atoms with Gasteiger partial charge >= 0.3 is 0 Å². The smallest absolute Gasteiger partial charge is 0.257 e. The topological polar surface area (TPSA) is 77.1 Å². The lowest BCUT2D eigenvalue weighted by molar-refractivity contribution is 0.102. The molecule has 0 radical (unpaired) electrons. The van der Waals surface area contributed by atoms with Crippen LogP contribution >= 0.6 is 0 Å². The van der Waals surface area contributed by atoms with E-state index in [4.69, 9.17) is 5.73 Å². The number of para-hydroxylation sites is 1. The number of aryl methyl sites for hydroxylation is 1. The van der Waals surface area contributed by atoms with Crippen molar-refractivity contribution in [3.63, 3.8) is 0 Å². The highest BCUT2D eigenvalue weighted by Crippen LogP contribution is 2.17. The highest BCUT2D eigenvalue weighted by Gasteiger charge is 2.13. The molecule has 1 aromatic carbocycles. The molecule has 2 aromatic rings. The third-order valence-electron chi connectivity index (χ3n) is 2.88. The predicted octanol–water partition coefficient (Wildman–Crippen LogP) is 1.84. The summed E-state index contributed by atoms with van der Waals surface area (Å²) in [7, 11) is 0. The SMILES string of the molecule is CCn1cc(NC(=O)c2cccc(F)c2N)ccc1=O. The molecule has 0 atom stereocenters. The van der Waals surface area contributed by atoms with Crippen molar-refractivity contribution in [2.75, 3.05) is 11.1 Å². The summed E-state index contributed by atoms with van der Waals surface area (Å²) in [5.41, 5.74) is 5.67. The first-order valence-electron chi connectivity index (χ1n) is 6.08. The summed E-state index contributed by atoms with van der Waals surface area (Å²) >= 11 is 0. The van der Waals surface area contributed by atoms with Gasteiger partial charge in [-0.15, -0.1) is 0 Å². The number of benzene rings is 1. The molecule has 0 aliphatic carbocycles. The van der Waals surface area contributed by atoms with E-state index in [2.05, 4.69) is 5.32 Å². The number of nitrogen functional groups attached to an aromatic ring is 1. The fourth-order valence-electron chi connectivity index (χ4n) is 1.79. The lowest BCUT2D eigenvalue weighted by Crippen LogP contribution is -2.20. The second-order valence-corrected chi connectivity index (χ2v) is 4.20. The monoisotopic (exact) mass is 275 g/mol. The fourth-order valence-corrected chi connectivity index (χ4v) is 1.79. The van der Waals surface area contributed by atoms with Gasteiger partial charge in [0.15, 0.2) is 0 Å². The summed E-state index contributed by atoms with van der Waals surface area (Å²) in [6.07, 6.45) is 1.52. The van der Waals surface area contributed by atoms with Gasteiger partial charge in [0, 0.05) is 18.8 Å². The zero-order chi connectivity index (χ0) is 14.7. The Morgan fingerprint density at radius 2 is 2.10 bits per heavy atom. The van der Waals surface area contributed by atoms with Crippen molar-refractivity contribution in [1.82, 2.24) is 4.57 Å². The third kappa shape index (κ3) is 2.69. The predicted molar refractivity (Wildman–Crippen MR) is 75.1 cm³/mol. The van der Waals surface area contributed by atoms with Crippen molar-refractivity contribution in [2.24, 2.45) is 0 Å². The Kier molecular flexibility index (Phi) is 3.84. The molecule has 0 saturated heterocycles. The Morgan fingerprint density at radius 3 is 2.80 bits per heavy atom. The van der Waals surface area contributed by atoms with Gasteiger partial charge in [0.1, 0.15) is 5.82 Å². The van der Waals surface area contributed by atoms with Crippen LogP contribution in [0.3, 0.4) is 0 Å². The third-order valence-corrected chi connectivity index (χ3v) is 2.88. The maximum absolute atomic E-state index is 13.3. The number of amides is 1. The van der Waals surface area contributed by atoms with Crippen LogP contribution in [0.25, 0.3) is 0 Å². The number of pyridine rings is 1. The van der Waals surface area contributed by atoms with E-state index in [0.29, 0.717) is 12.2 Å². The first-order chi connectivity index (χ1) is 9.52. The summed E-state index contributed by atoms with van der Waals surface area (Å²) in [6.45, 7) is 2.31. The van der Waals surface area contributed by atoms with Crippen molar-refractivity contribution < 1.29 is 9.18 Å². The van der Waals surface area contributed by atoms with Crippen molar-refractivity contribution in [3.05, 3.63) is 58.3 Å². The Balaban J connectivity index is 2.28. The first-order valence-corrected chi connectivity index (χ1v) is 6.08. The summed E-state index contributed by atoms with van der Waals surface area (Å²) in [5, 5.41) is 2.58. The minimum atomic E-state index is -0.642. The van der Waals surface area contributed by atoms with Crippen molar-refractivity contribution in [2.45, 2.75) is 13.5 Å². The normalized spacial score (nSPS) is 10.3. The molecule has 0 aliphatic rings. The summed E-state index contributed by atoms with van der Waals surface area (Å²) in [5.74, 6) is -1.17. The zero-order valence-corrected chi connectivity index (χ0v) is 10.9. The van der Waals surface area contributed by atoms with Crippen LogP contribution in [0.2, 0.25) is 0 Å². The molecule has 3 N–H and O–H groups in total. The number of aromatic nitrogens is 1. The molecule has 0 aliphatic heterocycles. The first kappa shape index (κ1) is 13.8. The minimum absolute atomic E-state index is 0.0549. The standard InChI is InChI=1S/C14H14FN3O2/c1-2-18-8-9(6-7-12(18)19)17-14(20)10-4-3-5-11(15)13(10)16/h3-8H,2,16H2,1H3,(H,17,20). The second-order valence-electron chi connectivity index (χ2n) is 4.20. The highest BCUT2D eigenvalue weighted by atomic mass is 19.1. The number of carbonyl (C=O) groups is 1. The quantitative estimate of drug-likeness (QED) is 0.839. The molecule has 0 unspecified atom stereocenters. The van der Waals surface area contributed by atoms with E-state index >= 15 is 0 Å². The van der Waals surface area contributed by atoms with Crippen molar-refractivity contribution in [1.29, 1.82) is 0 Å². The molecule has 104 valence electrons. The van der Waals surface area contributed by atoms with Crippen molar-refractivity contribution in [3.8, 4) is 0 Å². The van der Waals surface area contributed by atoms with E-state index < -0.39 is 11.7 Å². The fraction of sp³-hybridized carbons (Fsp3) is 0.143. The molecule has 5 nitrogen and oxygen atoms in total. The molecule has 0 spiro atoms. The Hall–Kier alpha value is -2.63. The Labute approximate surface area is 114 Å². The van der Waals surface area contributed by atoms with Crippen LogP contribution in [0.4, 0.5) is 15.8 Å². The molecule has 0 fully saturated rings. The molecule has 1 aromatic heterocycles. The number of hydrogen-bond donors (Lipinski definition) is 2.